The normalized spacial score (nSPS) is 31.3. The first-order chi connectivity index (χ1) is 13.8. The van der Waals surface area contributed by atoms with Crippen molar-refractivity contribution in [3.63, 3.8) is 0 Å². The molecule has 1 heterocycles. The van der Waals surface area contributed by atoms with E-state index in [4.69, 9.17) is 0 Å². The molecule has 3 fully saturated rings. The maximum absolute atomic E-state index is 3.15. The standard InChI is InChI=1S/C16H26.C10H10N2.Pt/c1-3-13-7-9-15-5-2-6-16(12-15)10-8-14(4-1)11-13;1-11-7-8-12(9-11)10-5-3-2-4-6-10;/h11-16H,1-10H2;2-5,7-9H,1H3;/q2*-2;+4. The predicted molar refractivity (Wildman–Crippen MR) is 118 cm³/mol. The van der Waals surface area contributed by atoms with Gasteiger partial charge in [0.05, 0.1) is 0 Å². The van der Waals surface area contributed by atoms with E-state index in [1.54, 1.807) is 0 Å². The smallest absolute Gasteiger partial charge is 0.510 e. The molecule has 5 rings (SSSR count). The zero-order chi connectivity index (χ0) is 19.2. The van der Waals surface area contributed by atoms with Crippen molar-refractivity contribution >= 4 is 5.69 Å². The molecule has 0 spiro atoms. The molecule has 1 aliphatic heterocycles. The Balaban J connectivity index is 0.000000167. The van der Waals surface area contributed by atoms with E-state index in [1.165, 1.54) is 64.2 Å². The summed E-state index contributed by atoms with van der Waals surface area (Å²) in [5.74, 6) is 3.91. The third-order valence-corrected chi connectivity index (χ3v) is 6.94. The van der Waals surface area contributed by atoms with Gasteiger partial charge in [0.1, 0.15) is 0 Å². The molecule has 1 aromatic rings. The van der Waals surface area contributed by atoms with Crippen LogP contribution in [0.5, 0.6) is 0 Å². The molecule has 3 heteroatoms. The summed E-state index contributed by atoms with van der Waals surface area (Å²) >= 11 is 0. The van der Waals surface area contributed by atoms with E-state index in [2.05, 4.69) is 18.9 Å². The Hall–Kier alpha value is -0.752. The van der Waals surface area contributed by atoms with Gasteiger partial charge in [0.25, 0.3) is 0 Å². The summed E-state index contributed by atoms with van der Waals surface area (Å²) in [5, 5.41) is 0. The maximum atomic E-state index is 3.15. The molecule has 2 nitrogen and oxygen atoms in total. The van der Waals surface area contributed by atoms with Crippen LogP contribution in [0, 0.1) is 49.2 Å². The molecule has 29 heavy (non-hydrogen) atoms. The molecule has 3 saturated carbocycles. The van der Waals surface area contributed by atoms with Crippen LogP contribution in [0.2, 0.25) is 0 Å². The molecule has 0 amide bonds. The zero-order valence-electron chi connectivity index (χ0n) is 17.8. The van der Waals surface area contributed by atoms with Crippen LogP contribution in [0.15, 0.2) is 36.7 Å². The van der Waals surface area contributed by atoms with Gasteiger partial charge in [0.2, 0.25) is 0 Å². The first kappa shape index (κ1) is 22.9. The van der Waals surface area contributed by atoms with Gasteiger partial charge in [0.15, 0.2) is 0 Å². The van der Waals surface area contributed by atoms with Gasteiger partial charge in [-0.25, -0.2) is 0 Å². The minimum absolute atomic E-state index is 0. The molecule has 0 aromatic heterocycles. The number of hydrogen-bond acceptors (Lipinski definition) is 2. The summed E-state index contributed by atoms with van der Waals surface area (Å²) < 4.78 is 0. The third kappa shape index (κ3) is 6.88. The number of para-hydroxylation sites is 1. The van der Waals surface area contributed by atoms with E-state index >= 15 is 0 Å². The summed E-state index contributed by atoms with van der Waals surface area (Å²) in [7, 11) is 2.00. The van der Waals surface area contributed by atoms with Crippen molar-refractivity contribution in [2.45, 2.75) is 64.2 Å². The second-order valence-electron chi connectivity index (χ2n) is 9.18. The summed E-state index contributed by atoms with van der Waals surface area (Å²) in [4.78, 5) is 4.03. The number of fused-ring (bicyclic) bond motifs is 4. The van der Waals surface area contributed by atoms with E-state index in [0.29, 0.717) is 0 Å². The Labute approximate surface area is 193 Å². The monoisotopic (exact) mass is 571 g/mol. The van der Waals surface area contributed by atoms with Gasteiger partial charge < -0.3 is 22.6 Å². The SMILES string of the molecule is CN1C=CN(c2[c-]cccc2)[CH-]1.[CH-]1C2CCCC1CCC1[CH-]C(CCC1)CC2.[Pt+4]. The van der Waals surface area contributed by atoms with Crippen LogP contribution < -0.4 is 4.90 Å². The van der Waals surface area contributed by atoms with Crippen LogP contribution in [0.25, 0.3) is 0 Å². The van der Waals surface area contributed by atoms with E-state index < -0.39 is 0 Å². The van der Waals surface area contributed by atoms with Crippen molar-refractivity contribution in [3.8, 4) is 0 Å². The van der Waals surface area contributed by atoms with Gasteiger partial charge in [-0.05, 0) is 19.4 Å². The van der Waals surface area contributed by atoms with Crippen LogP contribution in [-0.2, 0) is 21.1 Å². The van der Waals surface area contributed by atoms with E-state index in [1.807, 2.05) is 60.2 Å². The topological polar surface area (TPSA) is 6.48 Å². The Bertz CT molecular complexity index is 572. The molecule has 160 valence electrons. The Morgan fingerprint density at radius 2 is 1.34 bits per heavy atom. The number of anilines is 1. The van der Waals surface area contributed by atoms with Crippen molar-refractivity contribution in [2.24, 2.45) is 23.7 Å². The van der Waals surface area contributed by atoms with Gasteiger partial charge in [0, 0.05) is 0 Å². The number of nitrogens with zero attached hydrogens (tertiary/aromatic N) is 2. The van der Waals surface area contributed by atoms with Crippen LogP contribution in [0.3, 0.4) is 0 Å². The van der Waals surface area contributed by atoms with Crippen LogP contribution in [0.4, 0.5) is 5.69 Å². The first-order valence-electron chi connectivity index (χ1n) is 11.5. The van der Waals surface area contributed by atoms with Gasteiger partial charge in [-0.2, -0.15) is 60.7 Å². The van der Waals surface area contributed by atoms with Crippen molar-refractivity contribution in [2.75, 3.05) is 11.9 Å². The summed E-state index contributed by atoms with van der Waals surface area (Å²) in [6, 6.07) is 11.1. The number of rotatable bonds is 1. The minimum Gasteiger partial charge on any atom is -0.510 e. The molecule has 4 aliphatic rings. The Morgan fingerprint density at radius 3 is 1.76 bits per heavy atom. The fraction of sp³-hybridized carbons (Fsp3) is 0.577. The molecule has 4 bridgehead atoms. The van der Waals surface area contributed by atoms with Crippen molar-refractivity contribution in [1.29, 1.82) is 0 Å². The fourth-order valence-corrected chi connectivity index (χ4v) is 5.39. The Kier molecular flexibility index (Phi) is 9.16. The molecular weight excluding hydrogens is 535 g/mol. The van der Waals surface area contributed by atoms with Crippen LogP contribution in [-0.4, -0.2) is 11.9 Å². The summed E-state index contributed by atoms with van der Waals surface area (Å²) in [6.07, 6.45) is 24.4. The second kappa shape index (κ2) is 11.6. The summed E-state index contributed by atoms with van der Waals surface area (Å²) in [5.41, 5.74) is 1.07. The van der Waals surface area contributed by atoms with Crippen molar-refractivity contribution in [1.82, 2.24) is 4.90 Å². The van der Waals surface area contributed by atoms with Gasteiger partial charge in [-0.1, -0.05) is 64.2 Å². The van der Waals surface area contributed by atoms with Gasteiger partial charge in [-0.3, -0.25) is 0 Å². The van der Waals surface area contributed by atoms with Crippen LogP contribution in [0.1, 0.15) is 64.2 Å². The molecule has 4 unspecified atom stereocenters. The molecule has 0 N–H and O–H groups in total. The van der Waals surface area contributed by atoms with Gasteiger partial charge in [-0.15, -0.1) is 5.69 Å². The molecular formula is C26H36N2Pt. The second-order valence-corrected chi connectivity index (χ2v) is 9.18. The predicted octanol–water partition coefficient (Wildman–Crippen LogP) is 6.63. The molecule has 4 atom stereocenters. The third-order valence-electron chi connectivity index (χ3n) is 6.94. The average molecular weight is 572 g/mol. The Morgan fingerprint density at radius 1 is 0.793 bits per heavy atom. The number of benzene rings is 1. The maximum Gasteiger partial charge on any atom is 4.00 e. The van der Waals surface area contributed by atoms with Crippen molar-refractivity contribution in [3.05, 3.63) is 62.2 Å². The summed E-state index contributed by atoms with van der Waals surface area (Å²) in [6.45, 7) is 2.01. The number of hydrogen-bond donors (Lipinski definition) is 0. The quantitative estimate of drug-likeness (QED) is 0.350. The molecule has 1 aromatic carbocycles. The van der Waals surface area contributed by atoms with Crippen LogP contribution >= 0.6 is 0 Å². The fourth-order valence-electron chi connectivity index (χ4n) is 5.39. The van der Waals surface area contributed by atoms with E-state index in [-0.39, 0.29) is 21.1 Å². The van der Waals surface area contributed by atoms with E-state index in [9.17, 15) is 0 Å². The van der Waals surface area contributed by atoms with Gasteiger partial charge >= 0.3 is 21.1 Å². The molecule has 0 saturated heterocycles. The molecule has 0 radical (unpaired) electrons. The minimum atomic E-state index is 0. The average Bonchev–Trinajstić information content (AvgIpc) is 3.18. The first-order valence-corrected chi connectivity index (χ1v) is 11.5. The zero-order valence-corrected chi connectivity index (χ0v) is 20.1. The largest absolute Gasteiger partial charge is 4.00 e. The van der Waals surface area contributed by atoms with Crippen molar-refractivity contribution < 1.29 is 21.1 Å². The van der Waals surface area contributed by atoms with E-state index in [0.717, 1.165) is 29.4 Å². The molecule has 3 aliphatic carbocycles.